The number of hydrogen-bond donors (Lipinski definition) is 0. The summed E-state index contributed by atoms with van der Waals surface area (Å²) in [7, 11) is 0. The molecule has 0 aliphatic heterocycles. The van der Waals surface area contributed by atoms with Crippen molar-refractivity contribution in [2.24, 2.45) is 0 Å². The fourth-order valence-electron chi connectivity index (χ4n) is 2.12. The van der Waals surface area contributed by atoms with Gasteiger partial charge in [-0.05, 0) is 38.0 Å². The minimum atomic E-state index is 0.134. The molecule has 0 N–H and O–H groups in total. The number of hydrogen-bond acceptors (Lipinski definition) is 1. The SMILES string of the molecule is CCCCCCCC(Cl)c1ccc(OC(C)C)cc1. The van der Waals surface area contributed by atoms with Gasteiger partial charge in [-0.1, -0.05) is 51.2 Å². The average molecular weight is 283 g/mol. The van der Waals surface area contributed by atoms with Crippen LogP contribution in [0.3, 0.4) is 0 Å². The largest absolute Gasteiger partial charge is 0.491 e. The van der Waals surface area contributed by atoms with E-state index in [-0.39, 0.29) is 11.5 Å². The van der Waals surface area contributed by atoms with Gasteiger partial charge < -0.3 is 4.74 Å². The van der Waals surface area contributed by atoms with E-state index >= 15 is 0 Å². The van der Waals surface area contributed by atoms with Crippen molar-refractivity contribution in [2.75, 3.05) is 0 Å². The van der Waals surface area contributed by atoms with E-state index in [0.717, 1.165) is 12.2 Å². The lowest BCUT2D eigenvalue weighted by atomic mass is 10.0. The lowest BCUT2D eigenvalue weighted by Crippen LogP contribution is -2.05. The quantitative estimate of drug-likeness (QED) is 0.392. The van der Waals surface area contributed by atoms with Crippen LogP contribution in [0.1, 0.15) is 70.2 Å². The van der Waals surface area contributed by atoms with Gasteiger partial charge in [0.2, 0.25) is 0 Å². The Morgan fingerprint density at radius 3 is 2.21 bits per heavy atom. The van der Waals surface area contributed by atoms with Gasteiger partial charge in [0.05, 0.1) is 11.5 Å². The smallest absolute Gasteiger partial charge is 0.119 e. The van der Waals surface area contributed by atoms with Crippen molar-refractivity contribution < 1.29 is 4.74 Å². The molecule has 0 saturated carbocycles. The second kappa shape index (κ2) is 9.25. The van der Waals surface area contributed by atoms with E-state index in [2.05, 4.69) is 19.1 Å². The van der Waals surface area contributed by atoms with Crippen LogP contribution in [0.25, 0.3) is 0 Å². The van der Waals surface area contributed by atoms with Gasteiger partial charge in [0.15, 0.2) is 0 Å². The van der Waals surface area contributed by atoms with E-state index in [9.17, 15) is 0 Å². The van der Waals surface area contributed by atoms with Gasteiger partial charge in [-0.3, -0.25) is 0 Å². The fourth-order valence-corrected chi connectivity index (χ4v) is 2.42. The highest BCUT2D eigenvalue weighted by molar-refractivity contribution is 6.20. The molecule has 1 rings (SSSR count). The number of ether oxygens (including phenoxy) is 1. The Bertz CT molecular complexity index is 332. The van der Waals surface area contributed by atoms with Crippen LogP contribution in [0, 0.1) is 0 Å². The third-order valence-electron chi connectivity index (χ3n) is 3.17. The molecule has 0 spiro atoms. The molecular weight excluding hydrogens is 256 g/mol. The molecule has 1 unspecified atom stereocenters. The number of benzene rings is 1. The van der Waals surface area contributed by atoms with Crippen LogP contribution >= 0.6 is 11.6 Å². The van der Waals surface area contributed by atoms with Crippen LogP contribution in [0.4, 0.5) is 0 Å². The third kappa shape index (κ3) is 6.87. The van der Waals surface area contributed by atoms with E-state index in [4.69, 9.17) is 16.3 Å². The standard InChI is InChI=1S/C17H27ClO/c1-4-5-6-7-8-9-17(18)15-10-12-16(13-11-15)19-14(2)3/h10-14,17H,4-9H2,1-3H3. The van der Waals surface area contributed by atoms with Crippen molar-refractivity contribution in [3.8, 4) is 5.75 Å². The maximum atomic E-state index is 6.44. The van der Waals surface area contributed by atoms with Crippen molar-refractivity contribution in [3.05, 3.63) is 29.8 Å². The lowest BCUT2D eigenvalue weighted by molar-refractivity contribution is 0.242. The van der Waals surface area contributed by atoms with Gasteiger partial charge in [-0.25, -0.2) is 0 Å². The molecular formula is C17H27ClO. The first-order valence-electron chi connectivity index (χ1n) is 7.54. The normalized spacial score (nSPS) is 12.7. The third-order valence-corrected chi connectivity index (χ3v) is 3.64. The Morgan fingerprint density at radius 2 is 1.63 bits per heavy atom. The molecule has 0 aromatic heterocycles. The van der Waals surface area contributed by atoms with Crippen LogP contribution in [-0.4, -0.2) is 6.10 Å². The van der Waals surface area contributed by atoms with Crippen LogP contribution in [0.2, 0.25) is 0 Å². The first-order valence-corrected chi connectivity index (χ1v) is 7.97. The van der Waals surface area contributed by atoms with Crippen LogP contribution in [-0.2, 0) is 0 Å². The maximum Gasteiger partial charge on any atom is 0.119 e. The summed E-state index contributed by atoms with van der Waals surface area (Å²) in [5.41, 5.74) is 1.20. The van der Waals surface area contributed by atoms with E-state index < -0.39 is 0 Å². The van der Waals surface area contributed by atoms with Crippen molar-refractivity contribution in [2.45, 2.75) is 70.8 Å². The van der Waals surface area contributed by atoms with E-state index in [0.29, 0.717) is 0 Å². The van der Waals surface area contributed by atoms with Crippen molar-refractivity contribution in [3.63, 3.8) is 0 Å². The second-order valence-corrected chi connectivity index (χ2v) is 5.93. The van der Waals surface area contributed by atoms with Gasteiger partial charge >= 0.3 is 0 Å². The Kier molecular flexibility index (Phi) is 7.97. The minimum Gasteiger partial charge on any atom is -0.491 e. The highest BCUT2D eigenvalue weighted by atomic mass is 35.5. The van der Waals surface area contributed by atoms with Gasteiger partial charge in [0, 0.05) is 0 Å². The molecule has 19 heavy (non-hydrogen) atoms. The summed E-state index contributed by atoms with van der Waals surface area (Å²) in [5.74, 6) is 0.922. The monoisotopic (exact) mass is 282 g/mol. The molecule has 0 heterocycles. The average Bonchev–Trinajstić information content (AvgIpc) is 2.38. The first-order chi connectivity index (χ1) is 9.13. The molecule has 0 bridgehead atoms. The molecule has 1 nitrogen and oxygen atoms in total. The molecule has 0 aliphatic carbocycles. The molecule has 108 valence electrons. The van der Waals surface area contributed by atoms with Crippen molar-refractivity contribution >= 4 is 11.6 Å². The van der Waals surface area contributed by atoms with Gasteiger partial charge in [-0.15, -0.1) is 11.6 Å². The molecule has 0 fully saturated rings. The highest BCUT2D eigenvalue weighted by Crippen LogP contribution is 2.28. The summed E-state index contributed by atoms with van der Waals surface area (Å²) in [6.45, 7) is 6.31. The van der Waals surface area contributed by atoms with E-state index in [1.54, 1.807) is 0 Å². The summed E-state index contributed by atoms with van der Waals surface area (Å²) in [5, 5.41) is 0.134. The molecule has 2 heteroatoms. The van der Waals surface area contributed by atoms with E-state index in [1.165, 1.54) is 37.7 Å². The summed E-state index contributed by atoms with van der Waals surface area (Å²) >= 11 is 6.44. The van der Waals surface area contributed by atoms with E-state index in [1.807, 2.05) is 26.0 Å². The predicted molar refractivity (Wildman–Crippen MR) is 84.2 cm³/mol. The van der Waals surface area contributed by atoms with Crippen LogP contribution in [0.5, 0.6) is 5.75 Å². The zero-order valence-electron chi connectivity index (χ0n) is 12.5. The summed E-state index contributed by atoms with van der Waals surface area (Å²) < 4.78 is 5.63. The van der Waals surface area contributed by atoms with Crippen LogP contribution < -0.4 is 4.74 Å². The van der Waals surface area contributed by atoms with Crippen molar-refractivity contribution in [1.82, 2.24) is 0 Å². The summed E-state index contributed by atoms with van der Waals surface area (Å²) in [4.78, 5) is 0. The topological polar surface area (TPSA) is 9.23 Å². The highest BCUT2D eigenvalue weighted by Gasteiger charge is 2.08. The number of halogens is 1. The number of alkyl halides is 1. The van der Waals surface area contributed by atoms with Crippen LogP contribution in [0.15, 0.2) is 24.3 Å². The lowest BCUT2D eigenvalue weighted by Gasteiger charge is -2.12. The Labute approximate surface area is 123 Å². The first kappa shape index (κ1) is 16.4. The summed E-state index contributed by atoms with van der Waals surface area (Å²) in [6.07, 6.45) is 7.77. The molecule has 1 aromatic carbocycles. The molecule has 0 amide bonds. The minimum absolute atomic E-state index is 0.134. The Balaban J connectivity index is 2.33. The molecule has 0 saturated heterocycles. The van der Waals surface area contributed by atoms with Gasteiger partial charge in [-0.2, -0.15) is 0 Å². The molecule has 0 aliphatic rings. The zero-order valence-corrected chi connectivity index (χ0v) is 13.2. The van der Waals surface area contributed by atoms with Crippen molar-refractivity contribution in [1.29, 1.82) is 0 Å². The molecule has 0 radical (unpaired) electrons. The maximum absolute atomic E-state index is 6.44. The predicted octanol–water partition coefficient (Wildman–Crippen LogP) is 6.11. The number of rotatable bonds is 9. The summed E-state index contributed by atoms with van der Waals surface area (Å²) in [6, 6.07) is 8.20. The Hall–Kier alpha value is -0.690. The van der Waals surface area contributed by atoms with Gasteiger partial charge in [0.25, 0.3) is 0 Å². The fraction of sp³-hybridized carbons (Fsp3) is 0.647. The number of unbranched alkanes of at least 4 members (excludes halogenated alkanes) is 4. The second-order valence-electron chi connectivity index (χ2n) is 5.41. The Morgan fingerprint density at radius 1 is 1.00 bits per heavy atom. The van der Waals surface area contributed by atoms with Gasteiger partial charge in [0.1, 0.15) is 5.75 Å². The zero-order chi connectivity index (χ0) is 14.1. The molecule has 1 atom stereocenters. The molecule has 1 aromatic rings.